The first-order valence-electron chi connectivity index (χ1n) is 4.69. The van der Waals surface area contributed by atoms with Gasteiger partial charge in [-0.3, -0.25) is 0 Å². The molecule has 14 heavy (non-hydrogen) atoms. The molecule has 0 aromatic heterocycles. The average Bonchev–Trinajstić information content (AvgIpc) is 2.07. The number of hydrogen-bond donors (Lipinski definition) is 1. The fraction of sp³-hybridized carbons (Fsp3) is 0.455. The molecule has 0 unspecified atom stereocenters. The van der Waals surface area contributed by atoms with E-state index in [0.717, 1.165) is 0 Å². The fourth-order valence-electron chi connectivity index (χ4n) is 2.17. The minimum absolute atomic E-state index is 0.350. The van der Waals surface area contributed by atoms with Crippen molar-refractivity contribution in [3.05, 3.63) is 34.6 Å². The predicted molar refractivity (Wildman–Crippen MR) is 53.7 cm³/mol. The molecule has 1 saturated carbocycles. The number of halogens is 2. The van der Waals surface area contributed by atoms with Crippen LogP contribution < -0.4 is 0 Å². The Morgan fingerprint density at radius 2 is 2.14 bits per heavy atom. The van der Waals surface area contributed by atoms with Gasteiger partial charge >= 0.3 is 0 Å². The van der Waals surface area contributed by atoms with Crippen molar-refractivity contribution in [1.82, 2.24) is 0 Å². The predicted octanol–water partition coefficient (Wildman–Crippen LogP) is 3.10. The van der Waals surface area contributed by atoms with E-state index in [0.29, 0.717) is 29.3 Å². The summed E-state index contributed by atoms with van der Waals surface area (Å²) in [6.07, 6.45) is 1.33. The van der Waals surface area contributed by atoms with Crippen LogP contribution in [0, 0.1) is 11.7 Å². The summed E-state index contributed by atoms with van der Waals surface area (Å²) >= 11 is 5.91. The molecule has 1 aliphatic rings. The van der Waals surface area contributed by atoms with Crippen LogP contribution in [0.15, 0.2) is 18.2 Å². The fourth-order valence-corrected chi connectivity index (χ4v) is 2.46. The van der Waals surface area contributed by atoms with Gasteiger partial charge in [0.2, 0.25) is 0 Å². The number of hydrogen-bond acceptors (Lipinski definition) is 1. The van der Waals surface area contributed by atoms with Gasteiger partial charge in [0.15, 0.2) is 0 Å². The summed E-state index contributed by atoms with van der Waals surface area (Å²) in [5.74, 6) is 0.136. The molecule has 1 aromatic carbocycles. The van der Waals surface area contributed by atoms with E-state index in [1.54, 1.807) is 0 Å². The van der Waals surface area contributed by atoms with Crippen LogP contribution in [0.2, 0.25) is 5.02 Å². The Balaban J connectivity index is 2.36. The van der Waals surface area contributed by atoms with Crippen LogP contribution in [0.5, 0.6) is 0 Å². The van der Waals surface area contributed by atoms with Crippen molar-refractivity contribution in [1.29, 1.82) is 0 Å². The monoisotopic (exact) mass is 214 g/mol. The van der Waals surface area contributed by atoms with E-state index in [2.05, 4.69) is 6.92 Å². The zero-order chi connectivity index (χ0) is 10.3. The summed E-state index contributed by atoms with van der Waals surface area (Å²) in [6, 6.07) is 4.12. The maximum atomic E-state index is 13.0. The molecule has 0 atom stereocenters. The van der Waals surface area contributed by atoms with Gasteiger partial charge in [-0.15, -0.1) is 0 Å². The maximum absolute atomic E-state index is 13.0. The summed E-state index contributed by atoms with van der Waals surface area (Å²) in [5, 5.41) is 10.6. The van der Waals surface area contributed by atoms with Crippen molar-refractivity contribution in [3.63, 3.8) is 0 Å². The van der Waals surface area contributed by atoms with Crippen LogP contribution in [0.1, 0.15) is 25.3 Å². The molecule has 0 aliphatic heterocycles. The summed E-state index contributed by atoms with van der Waals surface area (Å²) < 4.78 is 13.0. The number of aliphatic hydroxyl groups is 1. The third-order valence-corrected chi connectivity index (χ3v) is 3.13. The Morgan fingerprint density at radius 1 is 1.50 bits per heavy atom. The molecule has 0 radical (unpaired) electrons. The third-order valence-electron chi connectivity index (χ3n) is 2.80. The van der Waals surface area contributed by atoms with E-state index in [1.807, 2.05) is 0 Å². The maximum Gasteiger partial charge on any atom is 0.123 e. The van der Waals surface area contributed by atoms with Gasteiger partial charge in [-0.1, -0.05) is 18.5 Å². The smallest absolute Gasteiger partial charge is 0.123 e. The summed E-state index contributed by atoms with van der Waals surface area (Å²) in [7, 11) is 0. The average molecular weight is 215 g/mol. The van der Waals surface area contributed by atoms with E-state index in [1.165, 1.54) is 18.2 Å². The van der Waals surface area contributed by atoms with Crippen molar-refractivity contribution < 1.29 is 9.50 Å². The molecule has 1 aliphatic carbocycles. The molecule has 3 heteroatoms. The molecular weight excluding hydrogens is 203 g/mol. The van der Waals surface area contributed by atoms with E-state index >= 15 is 0 Å². The Kier molecular flexibility index (Phi) is 2.28. The lowest BCUT2D eigenvalue weighted by Gasteiger charge is -2.42. The van der Waals surface area contributed by atoms with Gasteiger partial charge in [-0.2, -0.15) is 0 Å². The Labute approximate surface area is 87.5 Å². The second-order valence-electron chi connectivity index (χ2n) is 4.17. The van der Waals surface area contributed by atoms with Crippen molar-refractivity contribution in [3.8, 4) is 0 Å². The molecule has 76 valence electrons. The molecule has 1 nitrogen and oxygen atoms in total. The first-order chi connectivity index (χ1) is 6.51. The van der Waals surface area contributed by atoms with E-state index < -0.39 is 5.60 Å². The first kappa shape index (κ1) is 9.94. The van der Waals surface area contributed by atoms with E-state index in [-0.39, 0.29) is 5.82 Å². The topological polar surface area (TPSA) is 20.2 Å². The second-order valence-corrected chi connectivity index (χ2v) is 4.58. The minimum atomic E-state index is -0.904. The first-order valence-corrected chi connectivity index (χ1v) is 5.07. The van der Waals surface area contributed by atoms with Crippen LogP contribution in [0.3, 0.4) is 0 Å². The van der Waals surface area contributed by atoms with Crippen LogP contribution in [-0.4, -0.2) is 5.11 Å². The molecule has 1 aromatic rings. The summed E-state index contributed by atoms with van der Waals surface area (Å²) in [4.78, 5) is 0. The largest absolute Gasteiger partial charge is 0.385 e. The van der Waals surface area contributed by atoms with Gasteiger partial charge in [0.25, 0.3) is 0 Å². The number of rotatable bonds is 1. The molecule has 0 spiro atoms. The van der Waals surface area contributed by atoms with Crippen molar-refractivity contribution in [2.75, 3.05) is 0 Å². The molecule has 2 rings (SSSR count). The SMILES string of the molecule is CC1CC(O)(c2cc(F)ccc2Cl)C1. The Hall–Kier alpha value is -0.600. The zero-order valence-corrected chi connectivity index (χ0v) is 8.68. The van der Waals surface area contributed by atoms with Crippen molar-refractivity contribution in [2.24, 2.45) is 5.92 Å². The van der Waals surface area contributed by atoms with Crippen molar-refractivity contribution in [2.45, 2.75) is 25.4 Å². The molecule has 0 bridgehead atoms. The number of benzene rings is 1. The lowest BCUT2D eigenvalue weighted by atomic mass is 9.68. The van der Waals surface area contributed by atoms with Gasteiger partial charge in [0.1, 0.15) is 5.82 Å². The normalized spacial score (nSPS) is 31.3. The summed E-state index contributed by atoms with van der Waals surface area (Å²) in [6.45, 7) is 2.06. The standard InChI is InChI=1S/C11H12ClFO/c1-7-5-11(14,6-7)9-4-8(13)2-3-10(9)12/h2-4,7,14H,5-6H2,1H3. The molecule has 0 saturated heterocycles. The lowest BCUT2D eigenvalue weighted by molar-refractivity contribution is -0.0739. The third kappa shape index (κ3) is 1.53. The highest BCUT2D eigenvalue weighted by molar-refractivity contribution is 6.31. The van der Waals surface area contributed by atoms with Gasteiger partial charge < -0.3 is 5.11 Å². The molecule has 1 fully saturated rings. The van der Waals surface area contributed by atoms with Gasteiger partial charge in [0, 0.05) is 10.6 Å². The minimum Gasteiger partial charge on any atom is -0.385 e. The van der Waals surface area contributed by atoms with Crippen LogP contribution >= 0.6 is 11.6 Å². The van der Waals surface area contributed by atoms with Gasteiger partial charge in [-0.05, 0) is 37.0 Å². The Morgan fingerprint density at radius 3 is 2.71 bits per heavy atom. The van der Waals surface area contributed by atoms with Crippen LogP contribution in [0.4, 0.5) is 4.39 Å². The van der Waals surface area contributed by atoms with Crippen LogP contribution in [0.25, 0.3) is 0 Å². The molecule has 1 N–H and O–H groups in total. The summed E-state index contributed by atoms with van der Waals surface area (Å²) in [5.41, 5.74) is -0.379. The highest BCUT2D eigenvalue weighted by Crippen LogP contribution is 2.47. The lowest BCUT2D eigenvalue weighted by Crippen LogP contribution is -2.40. The van der Waals surface area contributed by atoms with Crippen LogP contribution in [-0.2, 0) is 5.60 Å². The Bertz CT molecular complexity index is 358. The second kappa shape index (κ2) is 3.21. The van der Waals surface area contributed by atoms with E-state index in [9.17, 15) is 9.50 Å². The highest BCUT2D eigenvalue weighted by Gasteiger charge is 2.42. The van der Waals surface area contributed by atoms with Gasteiger partial charge in [-0.25, -0.2) is 4.39 Å². The molecule has 0 amide bonds. The zero-order valence-electron chi connectivity index (χ0n) is 7.93. The highest BCUT2D eigenvalue weighted by atomic mass is 35.5. The van der Waals surface area contributed by atoms with Gasteiger partial charge in [0.05, 0.1) is 5.60 Å². The molecular formula is C11H12ClFO. The van der Waals surface area contributed by atoms with E-state index in [4.69, 9.17) is 11.6 Å². The van der Waals surface area contributed by atoms with Crippen molar-refractivity contribution >= 4 is 11.6 Å². The molecule has 0 heterocycles. The quantitative estimate of drug-likeness (QED) is 0.762.